The van der Waals surface area contributed by atoms with Gasteiger partial charge in [-0.2, -0.15) is 0 Å². The number of pyridine rings is 2. The van der Waals surface area contributed by atoms with E-state index in [4.69, 9.17) is 4.98 Å². The highest BCUT2D eigenvalue weighted by molar-refractivity contribution is 6.13. The van der Waals surface area contributed by atoms with Gasteiger partial charge in [0.15, 0.2) is 5.82 Å². The molecule has 1 saturated carbocycles. The lowest BCUT2D eigenvalue weighted by molar-refractivity contribution is 0.0964. The van der Waals surface area contributed by atoms with Crippen molar-refractivity contribution in [2.24, 2.45) is 0 Å². The van der Waals surface area contributed by atoms with Gasteiger partial charge in [-0.1, -0.05) is 0 Å². The standard InChI is InChI=1S/C20H24N6O/c1-14-6-8-23-19-17(14)25(13-24-11-9-21-10-12-24)20(27)16-3-2-7-22-18(16)26(19)15-4-5-15/h2-3,6-8,15,21H,4-5,9-13H2,1H3. The summed E-state index contributed by atoms with van der Waals surface area (Å²) in [5.41, 5.74) is 2.66. The van der Waals surface area contributed by atoms with E-state index >= 15 is 0 Å². The summed E-state index contributed by atoms with van der Waals surface area (Å²) in [5, 5.41) is 3.38. The average Bonchev–Trinajstić information content (AvgIpc) is 3.53. The number of nitrogens with zero attached hydrogens (tertiary/aromatic N) is 5. The van der Waals surface area contributed by atoms with Crippen molar-refractivity contribution in [2.45, 2.75) is 25.8 Å². The van der Waals surface area contributed by atoms with Gasteiger partial charge in [-0.15, -0.1) is 0 Å². The Morgan fingerprint density at radius 3 is 2.67 bits per heavy atom. The molecule has 0 radical (unpaired) electrons. The van der Waals surface area contributed by atoms with Crippen LogP contribution < -0.4 is 15.1 Å². The first-order chi connectivity index (χ1) is 13.2. The summed E-state index contributed by atoms with van der Waals surface area (Å²) >= 11 is 0. The van der Waals surface area contributed by atoms with Gasteiger partial charge in [-0.25, -0.2) is 9.97 Å². The van der Waals surface area contributed by atoms with Crippen LogP contribution in [0.4, 0.5) is 17.3 Å². The molecule has 7 nitrogen and oxygen atoms in total. The first kappa shape index (κ1) is 16.6. The van der Waals surface area contributed by atoms with Crippen LogP contribution >= 0.6 is 0 Å². The van der Waals surface area contributed by atoms with Gasteiger partial charge in [-0.05, 0) is 43.5 Å². The highest BCUT2D eigenvalue weighted by Crippen LogP contribution is 2.45. The predicted molar refractivity (Wildman–Crippen MR) is 104 cm³/mol. The zero-order chi connectivity index (χ0) is 18.4. The van der Waals surface area contributed by atoms with Crippen molar-refractivity contribution < 1.29 is 4.79 Å². The fourth-order valence-electron chi connectivity index (χ4n) is 4.02. The molecule has 0 spiro atoms. The highest BCUT2D eigenvalue weighted by Gasteiger charge is 2.40. The van der Waals surface area contributed by atoms with E-state index in [9.17, 15) is 4.79 Å². The zero-order valence-corrected chi connectivity index (χ0v) is 15.6. The summed E-state index contributed by atoms with van der Waals surface area (Å²) in [6.45, 7) is 6.41. The maximum atomic E-state index is 13.6. The van der Waals surface area contributed by atoms with Crippen molar-refractivity contribution in [2.75, 3.05) is 42.6 Å². The molecule has 140 valence electrons. The molecule has 2 aromatic rings. The third-order valence-electron chi connectivity index (χ3n) is 5.56. The lowest BCUT2D eigenvalue weighted by atomic mass is 10.2. The average molecular weight is 364 g/mol. The van der Waals surface area contributed by atoms with Crippen LogP contribution in [0.2, 0.25) is 0 Å². The number of carbonyl (C=O) groups is 1. The third kappa shape index (κ3) is 2.87. The van der Waals surface area contributed by atoms with E-state index in [1.165, 1.54) is 0 Å². The van der Waals surface area contributed by atoms with Gasteiger partial charge in [0.1, 0.15) is 5.82 Å². The second-order valence-electron chi connectivity index (χ2n) is 7.52. The molecule has 0 unspecified atom stereocenters. The van der Waals surface area contributed by atoms with E-state index in [1.807, 2.05) is 29.3 Å². The third-order valence-corrected chi connectivity index (χ3v) is 5.56. The number of carbonyl (C=O) groups excluding carboxylic acids is 1. The van der Waals surface area contributed by atoms with Gasteiger partial charge in [0.25, 0.3) is 5.91 Å². The molecule has 2 fully saturated rings. The molecule has 5 rings (SSSR count). The quantitative estimate of drug-likeness (QED) is 0.898. The summed E-state index contributed by atoms with van der Waals surface area (Å²) in [7, 11) is 0. The molecule has 3 aliphatic rings. The summed E-state index contributed by atoms with van der Waals surface area (Å²) in [5.74, 6) is 1.61. The second kappa shape index (κ2) is 6.58. The molecule has 0 aromatic carbocycles. The number of hydrogen-bond acceptors (Lipinski definition) is 6. The molecule has 1 amide bonds. The molecule has 2 aromatic heterocycles. The van der Waals surface area contributed by atoms with E-state index in [0.717, 1.165) is 61.9 Å². The van der Waals surface area contributed by atoms with E-state index in [0.29, 0.717) is 18.3 Å². The van der Waals surface area contributed by atoms with Crippen LogP contribution in [0.25, 0.3) is 0 Å². The number of rotatable bonds is 3. The molecule has 27 heavy (non-hydrogen) atoms. The van der Waals surface area contributed by atoms with E-state index < -0.39 is 0 Å². The lowest BCUT2D eigenvalue weighted by Crippen LogP contribution is -2.49. The first-order valence-corrected chi connectivity index (χ1v) is 9.69. The lowest BCUT2D eigenvalue weighted by Gasteiger charge is -2.34. The molecule has 7 heteroatoms. The molecule has 2 aliphatic heterocycles. The Hall–Kier alpha value is -2.51. The summed E-state index contributed by atoms with van der Waals surface area (Å²) in [6, 6.07) is 6.11. The minimum absolute atomic E-state index is 0.0112. The number of nitrogens with one attached hydrogen (secondary N) is 1. The van der Waals surface area contributed by atoms with Gasteiger partial charge in [0.05, 0.1) is 17.9 Å². The molecule has 1 aliphatic carbocycles. The summed E-state index contributed by atoms with van der Waals surface area (Å²) in [6.07, 6.45) is 5.82. The van der Waals surface area contributed by atoms with Gasteiger partial charge in [-0.3, -0.25) is 14.6 Å². The molecule has 4 heterocycles. The Labute approximate surface area is 159 Å². The van der Waals surface area contributed by atoms with Gasteiger partial charge in [0, 0.05) is 44.6 Å². The highest BCUT2D eigenvalue weighted by atomic mass is 16.2. The van der Waals surface area contributed by atoms with E-state index in [-0.39, 0.29) is 5.91 Å². The summed E-state index contributed by atoms with van der Waals surface area (Å²) < 4.78 is 0. The Kier molecular flexibility index (Phi) is 4.06. The molecule has 1 saturated heterocycles. The first-order valence-electron chi connectivity index (χ1n) is 9.69. The van der Waals surface area contributed by atoms with Crippen LogP contribution in [0.15, 0.2) is 30.6 Å². The fraction of sp³-hybridized carbons (Fsp3) is 0.450. The topological polar surface area (TPSA) is 64.6 Å². The van der Waals surface area contributed by atoms with Crippen LogP contribution in [-0.4, -0.2) is 59.7 Å². The van der Waals surface area contributed by atoms with Crippen molar-refractivity contribution in [3.8, 4) is 0 Å². The normalized spacial score (nSPS) is 20.3. The smallest absolute Gasteiger partial charge is 0.263 e. The van der Waals surface area contributed by atoms with Crippen molar-refractivity contribution in [3.63, 3.8) is 0 Å². The largest absolute Gasteiger partial charge is 0.314 e. The molecule has 0 atom stereocenters. The molecule has 1 N–H and O–H groups in total. The van der Waals surface area contributed by atoms with Gasteiger partial charge in [0.2, 0.25) is 0 Å². The minimum Gasteiger partial charge on any atom is -0.314 e. The maximum Gasteiger partial charge on any atom is 0.263 e. The number of aryl methyl sites for hydroxylation is 1. The van der Waals surface area contributed by atoms with Crippen LogP contribution in [0.5, 0.6) is 0 Å². The van der Waals surface area contributed by atoms with Gasteiger partial charge < -0.3 is 10.2 Å². The Bertz CT molecular complexity index is 875. The van der Waals surface area contributed by atoms with Crippen molar-refractivity contribution >= 4 is 23.2 Å². The Morgan fingerprint density at radius 2 is 1.89 bits per heavy atom. The van der Waals surface area contributed by atoms with Crippen molar-refractivity contribution in [1.29, 1.82) is 0 Å². The van der Waals surface area contributed by atoms with Crippen LogP contribution in [0.3, 0.4) is 0 Å². The number of anilines is 3. The molecule has 0 bridgehead atoms. The zero-order valence-electron chi connectivity index (χ0n) is 15.6. The van der Waals surface area contributed by atoms with Crippen LogP contribution in [-0.2, 0) is 0 Å². The summed E-state index contributed by atoms with van der Waals surface area (Å²) in [4.78, 5) is 29.3. The fourth-order valence-corrected chi connectivity index (χ4v) is 4.02. The molecular weight excluding hydrogens is 340 g/mol. The minimum atomic E-state index is 0.0112. The molecular formula is C20H24N6O. The van der Waals surface area contributed by atoms with Crippen LogP contribution in [0, 0.1) is 6.92 Å². The monoisotopic (exact) mass is 364 g/mol. The Balaban J connectivity index is 1.66. The van der Waals surface area contributed by atoms with Crippen molar-refractivity contribution in [3.05, 3.63) is 41.7 Å². The number of hydrogen-bond donors (Lipinski definition) is 1. The van der Waals surface area contributed by atoms with Crippen LogP contribution in [0.1, 0.15) is 28.8 Å². The second-order valence-corrected chi connectivity index (χ2v) is 7.52. The van der Waals surface area contributed by atoms with E-state index in [2.05, 4.69) is 27.0 Å². The SMILES string of the molecule is Cc1ccnc2c1N(CN1CCNCC1)C(=O)c1cccnc1N2C1CC1. The number of piperazine rings is 1. The van der Waals surface area contributed by atoms with Crippen molar-refractivity contribution in [1.82, 2.24) is 20.2 Å². The Morgan fingerprint density at radius 1 is 1.11 bits per heavy atom. The predicted octanol–water partition coefficient (Wildman–Crippen LogP) is 1.91. The number of fused-ring (bicyclic) bond motifs is 2. The number of amides is 1. The number of aromatic nitrogens is 2. The maximum absolute atomic E-state index is 13.6. The van der Waals surface area contributed by atoms with E-state index in [1.54, 1.807) is 6.20 Å². The van der Waals surface area contributed by atoms with Gasteiger partial charge >= 0.3 is 0 Å².